The van der Waals surface area contributed by atoms with Crippen LogP contribution in [0.2, 0.25) is 0 Å². The van der Waals surface area contributed by atoms with E-state index >= 15 is 0 Å². The average Bonchev–Trinajstić information content (AvgIpc) is 3.38. The Morgan fingerprint density at radius 2 is 1.90 bits per heavy atom. The summed E-state index contributed by atoms with van der Waals surface area (Å²) < 4.78 is 1.50. The van der Waals surface area contributed by atoms with E-state index in [4.69, 9.17) is 15.7 Å². The van der Waals surface area contributed by atoms with E-state index in [1.54, 1.807) is 17.6 Å². The van der Waals surface area contributed by atoms with Crippen molar-refractivity contribution in [1.82, 2.24) is 20.0 Å². The number of benzene rings is 1. The Morgan fingerprint density at radius 3 is 2.65 bits per heavy atom. The molecule has 4 aromatic rings. The zero-order valence-corrected chi connectivity index (χ0v) is 18.4. The zero-order chi connectivity index (χ0) is 21.6. The summed E-state index contributed by atoms with van der Waals surface area (Å²) in [6, 6.07) is 11.5. The lowest BCUT2D eigenvalue weighted by Crippen LogP contribution is -2.25. The molecule has 1 aromatic carbocycles. The second kappa shape index (κ2) is 9.70. The van der Waals surface area contributed by atoms with Gasteiger partial charge in [-0.3, -0.25) is 4.79 Å². The molecule has 0 saturated carbocycles. The summed E-state index contributed by atoms with van der Waals surface area (Å²) in [5.74, 6) is -0.00533. The molecule has 8 heteroatoms. The molecule has 0 fully saturated rings. The monoisotopic (exact) mass is 434 g/mol. The number of thiophene rings is 1. The number of para-hydroxylation sites is 2. The van der Waals surface area contributed by atoms with Crippen LogP contribution in [0.3, 0.4) is 0 Å². The normalized spacial score (nSPS) is 11.6. The van der Waals surface area contributed by atoms with E-state index < -0.39 is 0 Å². The Kier molecular flexibility index (Phi) is 6.57. The van der Waals surface area contributed by atoms with Gasteiger partial charge in [-0.05, 0) is 30.0 Å². The number of hydrogen-bond donors (Lipinski definition) is 2. The largest absolute Gasteiger partial charge is 0.383 e. The number of carbonyl (C=O) groups is 1. The van der Waals surface area contributed by atoms with Gasteiger partial charge in [-0.25, -0.2) is 9.97 Å². The van der Waals surface area contributed by atoms with Crippen molar-refractivity contribution in [3.63, 3.8) is 0 Å². The highest BCUT2D eigenvalue weighted by Crippen LogP contribution is 2.28. The van der Waals surface area contributed by atoms with Crippen molar-refractivity contribution >= 4 is 51.5 Å². The molecular formula is C23H26N6OS. The first-order valence-corrected chi connectivity index (χ1v) is 11.5. The van der Waals surface area contributed by atoms with Crippen LogP contribution >= 0.6 is 11.3 Å². The van der Waals surface area contributed by atoms with Crippen molar-refractivity contribution < 1.29 is 4.79 Å². The molecule has 0 radical (unpaired) electrons. The number of amides is 1. The molecule has 3 heterocycles. The lowest BCUT2D eigenvalue weighted by molar-refractivity contribution is 0.0955. The summed E-state index contributed by atoms with van der Waals surface area (Å²) in [5, 5.41) is 9.48. The van der Waals surface area contributed by atoms with Crippen LogP contribution in [0.4, 0.5) is 5.82 Å². The summed E-state index contributed by atoms with van der Waals surface area (Å²) in [6.45, 7) is 2.79. The molecule has 4 rings (SSSR count). The van der Waals surface area contributed by atoms with Crippen molar-refractivity contribution in [2.75, 3.05) is 12.3 Å². The highest BCUT2D eigenvalue weighted by atomic mass is 32.1. The molecule has 1 amide bonds. The number of rotatable bonds is 9. The van der Waals surface area contributed by atoms with E-state index in [9.17, 15) is 4.79 Å². The molecule has 0 bridgehead atoms. The van der Waals surface area contributed by atoms with Crippen molar-refractivity contribution in [2.45, 2.75) is 39.0 Å². The predicted octanol–water partition coefficient (Wildman–Crippen LogP) is 4.81. The van der Waals surface area contributed by atoms with E-state index in [1.165, 1.54) is 23.9 Å². The first-order chi connectivity index (χ1) is 15.2. The van der Waals surface area contributed by atoms with Gasteiger partial charge in [0.2, 0.25) is 0 Å². The number of hydrogen-bond acceptors (Lipinski definition) is 6. The Balaban J connectivity index is 1.69. The van der Waals surface area contributed by atoms with Gasteiger partial charge < -0.3 is 11.1 Å². The number of nitrogen functional groups attached to an aromatic ring is 1. The standard InChI is InChI=1S/C23H26N6OS/c1-2-3-4-5-8-13-25-23(30)19-20-22(28-18-12-7-6-11-17(18)27-20)29(21(19)24)26-15-16-10-9-14-31-16/h6-7,9-12,14-15H,2-5,8,13,24H2,1H3,(H,25,30). The molecule has 3 aromatic heterocycles. The second-order valence-corrected chi connectivity index (χ2v) is 8.37. The molecule has 31 heavy (non-hydrogen) atoms. The van der Waals surface area contributed by atoms with Gasteiger partial charge in [0.05, 0.1) is 17.2 Å². The van der Waals surface area contributed by atoms with Crippen LogP contribution < -0.4 is 11.1 Å². The van der Waals surface area contributed by atoms with E-state index in [-0.39, 0.29) is 11.7 Å². The summed E-state index contributed by atoms with van der Waals surface area (Å²) in [6.07, 6.45) is 7.35. The Morgan fingerprint density at radius 1 is 1.13 bits per heavy atom. The fourth-order valence-electron chi connectivity index (χ4n) is 3.49. The van der Waals surface area contributed by atoms with E-state index in [0.717, 1.165) is 23.2 Å². The maximum Gasteiger partial charge on any atom is 0.257 e. The number of anilines is 1. The Bertz CT molecular complexity index is 1210. The molecule has 0 aliphatic carbocycles. The van der Waals surface area contributed by atoms with Gasteiger partial charge in [0.1, 0.15) is 16.9 Å². The molecule has 0 spiro atoms. The maximum atomic E-state index is 13.0. The predicted molar refractivity (Wildman–Crippen MR) is 128 cm³/mol. The first-order valence-electron chi connectivity index (χ1n) is 10.6. The lowest BCUT2D eigenvalue weighted by atomic mass is 10.1. The SMILES string of the molecule is CCCCCCCNC(=O)c1c(N)n(N=Cc2cccs2)c2nc3ccccc3nc12. The number of nitrogens with one attached hydrogen (secondary N) is 1. The molecule has 0 atom stereocenters. The Labute approximate surface area is 185 Å². The third kappa shape index (κ3) is 4.59. The number of aromatic nitrogens is 3. The molecule has 160 valence electrons. The van der Waals surface area contributed by atoms with Crippen molar-refractivity contribution in [3.05, 3.63) is 52.2 Å². The summed E-state index contributed by atoms with van der Waals surface area (Å²) in [5.41, 5.74) is 9.09. The summed E-state index contributed by atoms with van der Waals surface area (Å²) in [7, 11) is 0. The van der Waals surface area contributed by atoms with Crippen molar-refractivity contribution in [1.29, 1.82) is 0 Å². The fraction of sp³-hybridized carbons (Fsp3) is 0.304. The molecule has 0 unspecified atom stereocenters. The van der Waals surface area contributed by atoms with Crippen LogP contribution in [0.15, 0.2) is 46.9 Å². The fourth-order valence-corrected chi connectivity index (χ4v) is 4.07. The summed E-state index contributed by atoms with van der Waals surface area (Å²) >= 11 is 1.57. The van der Waals surface area contributed by atoms with Gasteiger partial charge in [0, 0.05) is 11.4 Å². The van der Waals surface area contributed by atoms with Crippen LogP contribution in [0.1, 0.15) is 54.3 Å². The number of nitrogens with zero attached hydrogens (tertiary/aromatic N) is 4. The molecule has 0 aliphatic heterocycles. The van der Waals surface area contributed by atoms with Crippen LogP contribution in [0, 0.1) is 0 Å². The van der Waals surface area contributed by atoms with Gasteiger partial charge in [0.25, 0.3) is 5.91 Å². The van der Waals surface area contributed by atoms with E-state index in [1.807, 2.05) is 41.8 Å². The second-order valence-electron chi connectivity index (χ2n) is 7.39. The molecule has 3 N–H and O–H groups in total. The third-order valence-corrected chi connectivity index (χ3v) is 5.92. The lowest BCUT2D eigenvalue weighted by Gasteiger charge is -2.05. The van der Waals surface area contributed by atoms with Crippen LogP contribution in [-0.2, 0) is 0 Å². The minimum Gasteiger partial charge on any atom is -0.383 e. The van der Waals surface area contributed by atoms with Gasteiger partial charge in [-0.1, -0.05) is 50.8 Å². The average molecular weight is 435 g/mol. The minimum atomic E-state index is -0.243. The first kappa shape index (κ1) is 21.0. The van der Waals surface area contributed by atoms with Gasteiger partial charge in [0.15, 0.2) is 5.65 Å². The van der Waals surface area contributed by atoms with Crippen LogP contribution in [0.25, 0.3) is 22.2 Å². The zero-order valence-electron chi connectivity index (χ0n) is 17.5. The smallest absolute Gasteiger partial charge is 0.257 e. The number of nitrogens with two attached hydrogens (primary N) is 1. The quantitative estimate of drug-likeness (QED) is 0.292. The number of carbonyl (C=O) groups excluding carboxylic acids is 1. The Hall–Kier alpha value is -3.26. The highest BCUT2D eigenvalue weighted by Gasteiger charge is 2.23. The topological polar surface area (TPSA) is 98.2 Å². The molecule has 0 saturated heterocycles. The van der Waals surface area contributed by atoms with Gasteiger partial charge in [-0.15, -0.1) is 11.3 Å². The van der Waals surface area contributed by atoms with E-state index in [0.29, 0.717) is 28.8 Å². The maximum absolute atomic E-state index is 13.0. The number of fused-ring (bicyclic) bond motifs is 2. The van der Waals surface area contributed by atoms with Gasteiger partial charge in [-0.2, -0.15) is 9.78 Å². The number of unbranched alkanes of at least 4 members (excludes halogenated alkanes) is 4. The molecular weight excluding hydrogens is 408 g/mol. The van der Waals surface area contributed by atoms with E-state index in [2.05, 4.69) is 17.3 Å². The van der Waals surface area contributed by atoms with Crippen molar-refractivity contribution in [3.8, 4) is 0 Å². The molecule has 0 aliphatic rings. The third-order valence-electron chi connectivity index (χ3n) is 5.11. The summed E-state index contributed by atoms with van der Waals surface area (Å²) in [4.78, 5) is 23.4. The van der Waals surface area contributed by atoms with Crippen LogP contribution in [-0.4, -0.2) is 33.3 Å². The highest BCUT2D eigenvalue weighted by molar-refractivity contribution is 7.11. The minimum absolute atomic E-state index is 0.238. The molecule has 7 nitrogen and oxygen atoms in total. The van der Waals surface area contributed by atoms with Gasteiger partial charge >= 0.3 is 0 Å². The van der Waals surface area contributed by atoms with Crippen molar-refractivity contribution in [2.24, 2.45) is 5.10 Å². The van der Waals surface area contributed by atoms with Crippen LogP contribution in [0.5, 0.6) is 0 Å².